The molecule has 1 atom stereocenters. The fourth-order valence-electron chi connectivity index (χ4n) is 3.05. The minimum absolute atomic E-state index is 0.0649. The van der Waals surface area contributed by atoms with Gasteiger partial charge in [-0.1, -0.05) is 19.1 Å². The van der Waals surface area contributed by atoms with E-state index in [1.165, 1.54) is 12.3 Å². The van der Waals surface area contributed by atoms with E-state index in [-0.39, 0.29) is 18.3 Å². The minimum atomic E-state index is -0.259. The van der Waals surface area contributed by atoms with Crippen LogP contribution < -0.4 is 4.73 Å². The lowest BCUT2D eigenvalue weighted by atomic mass is 9.89. The molecule has 3 rings (SSSR count). The second-order valence-electron chi connectivity index (χ2n) is 6.35. The first-order valence-corrected chi connectivity index (χ1v) is 7.96. The van der Waals surface area contributed by atoms with Crippen molar-refractivity contribution < 1.29 is 14.2 Å². The fourth-order valence-corrected chi connectivity index (χ4v) is 3.05. The lowest BCUT2D eigenvalue weighted by Gasteiger charge is -2.17. The molecule has 3 nitrogen and oxygen atoms in total. The van der Waals surface area contributed by atoms with Crippen LogP contribution in [0, 0.1) is 24.9 Å². The maximum atomic E-state index is 13.7. The number of aromatic nitrogens is 1. The van der Waals surface area contributed by atoms with E-state index in [0.717, 1.165) is 32.4 Å². The van der Waals surface area contributed by atoms with Crippen LogP contribution in [0.1, 0.15) is 29.5 Å². The predicted molar refractivity (Wildman–Crippen MR) is 93.3 cm³/mol. The van der Waals surface area contributed by atoms with E-state index >= 15 is 0 Å². The molecule has 4 heteroatoms. The van der Waals surface area contributed by atoms with Gasteiger partial charge < -0.3 is 10.3 Å². The Labute approximate surface area is 140 Å². The van der Waals surface area contributed by atoms with Gasteiger partial charge in [-0.2, -0.15) is 4.73 Å². The lowest BCUT2D eigenvalue weighted by Crippen LogP contribution is -2.28. The number of rotatable bonds is 3. The van der Waals surface area contributed by atoms with Crippen molar-refractivity contribution in [1.29, 1.82) is 0 Å². The van der Waals surface area contributed by atoms with Gasteiger partial charge in [0.1, 0.15) is 5.82 Å². The third kappa shape index (κ3) is 2.74. The van der Waals surface area contributed by atoms with Crippen LogP contribution in [0.5, 0.6) is 0 Å². The Balaban J connectivity index is 2.41. The topological polar surface area (TPSA) is 47.2 Å². The third-order valence-corrected chi connectivity index (χ3v) is 4.46. The summed E-state index contributed by atoms with van der Waals surface area (Å²) in [6.07, 6.45) is 1.52. The Morgan fingerprint density at radius 2 is 1.92 bits per heavy atom. The van der Waals surface area contributed by atoms with Crippen LogP contribution in [0.3, 0.4) is 0 Å². The molecule has 0 fully saturated rings. The summed E-state index contributed by atoms with van der Waals surface area (Å²) in [5.41, 5.74) is 4.60. The van der Waals surface area contributed by atoms with E-state index in [4.69, 9.17) is 0 Å². The van der Waals surface area contributed by atoms with Gasteiger partial charge in [-0.3, -0.25) is 0 Å². The maximum Gasteiger partial charge on any atom is 0.224 e. The monoisotopic (exact) mass is 325 g/mol. The summed E-state index contributed by atoms with van der Waals surface area (Å²) in [6, 6.07) is 10.7. The van der Waals surface area contributed by atoms with Crippen LogP contribution in [-0.4, -0.2) is 11.7 Å². The van der Waals surface area contributed by atoms with Crippen molar-refractivity contribution in [1.82, 2.24) is 0 Å². The van der Waals surface area contributed by atoms with Crippen LogP contribution >= 0.6 is 0 Å². The number of aliphatic hydroxyl groups is 1. The molecule has 1 unspecified atom stereocenters. The Morgan fingerprint density at radius 1 is 1.17 bits per heavy atom. The van der Waals surface area contributed by atoms with E-state index < -0.39 is 0 Å². The minimum Gasteiger partial charge on any atom is -0.618 e. The summed E-state index contributed by atoms with van der Waals surface area (Å²) in [7, 11) is 0. The van der Waals surface area contributed by atoms with E-state index in [0.29, 0.717) is 11.1 Å². The van der Waals surface area contributed by atoms with Crippen LogP contribution in [0.25, 0.3) is 22.0 Å². The van der Waals surface area contributed by atoms with Crippen LogP contribution in [-0.2, 0) is 0 Å². The molecule has 0 radical (unpaired) electrons. The summed E-state index contributed by atoms with van der Waals surface area (Å²) in [6.45, 7) is 5.46. The number of hydrogen-bond acceptors (Lipinski definition) is 2. The molecule has 1 aromatic heterocycles. The molecule has 0 saturated heterocycles. The van der Waals surface area contributed by atoms with E-state index in [1.54, 1.807) is 19.1 Å². The van der Waals surface area contributed by atoms with Crippen molar-refractivity contribution in [2.75, 3.05) is 6.61 Å². The number of halogens is 1. The molecule has 1 heterocycles. The van der Waals surface area contributed by atoms with Crippen molar-refractivity contribution in [3.8, 4) is 11.1 Å². The van der Waals surface area contributed by atoms with Gasteiger partial charge in [-0.05, 0) is 48.7 Å². The summed E-state index contributed by atoms with van der Waals surface area (Å²) in [4.78, 5) is 0. The van der Waals surface area contributed by atoms with Gasteiger partial charge in [0.15, 0.2) is 6.20 Å². The normalized spacial score (nSPS) is 12.5. The van der Waals surface area contributed by atoms with Gasteiger partial charge >= 0.3 is 0 Å². The Bertz CT molecular complexity index is 921. The number of aliphatic hydroxyl groups excluding tert-OH is 1. The molecular weight excluding hydrogens is 305 g/mol. The Kier molecular flexibility index (Phi) is 4.24. The number of aryl methyl sites for hydroxylation is 2. The molecule has 0 aliphatic carbocycles. The van der Waals surface area contributed by atoms with Crippen molar-refractivity contribution in [2.45, 2.75) is 26.7 Å². The summed E-state index contributed by atoms with van der Waals surface area (Å²) >= 11 is 0. The SMILES string of the molecule is Cc1ccc2c(-c3ccc(F)c(C)c3)c(C(C)CO)c[n+]([O-])c2c1. The lowest BCUT2D eigenvalue weighted by molar-refractivity contribution is -0.577. The quantitative estimate of drug-likeness (QED) is 0.584. The zero-order valence-electron chi connectivity index (χ0n) is 14.0. The van der Waals surface area contributed by atoms with Gasteiger partial charge in [0.25, 0.3) is 0 Å². The van der Waals surface area contributed by atoms with Gasteiger partial charge in [0.2, 0.25) is 5.52 Å². The number of hydrogen-bond donors (Lipinski definition) is 1. The molecule has 0 spiro atoms. The van der Waals surface area contributed by atoms with Crippen LogP contribution in [0.2, 0.25) is 0 Å². The molecule has 3 aromatic rings. The first-order chi connectivity index (χ1) is 11.4. The van der Waals surface area contributed by atoms with Gasteiger partial charge in [0.05, 0.1) is 5.39 Å². The zero-order valence-corrected chi connectivity index (χ0v) is 14.0. The highest BCUT2D eigenvalue weighted by atomic mass is 19.1. The Morgan fingerprint density at radius 3 is 2.58 bits per heavy atom. The Hall–Kier alpha value is -2.46. The van der Waals surface area contributed by atoms with E-state index in [1.807, 2.05) is 32.0 Å². The molecule has 2 aromatic carbocycles. The molecule has 0 aliphatic rings. The predicted octanol–water partition coefficient (Wildman–Crippen LogP) is 3.99. The van der Waals surface area contributed by atoms with Gasteiger partial charge in [0, 0.05) is 29.7 Å². The van der Waals surface area contributed by atoms with Crippen LogP contribution in [0.15, 0.2) is 42.6 Å². The number of pyridine rings is 1. The standard InChI is InChI=1S/C20H20FNO2/c1-12-4-6-16-19(8-12)22(24)10-17(14(3)11-23)20(16)15-5-7-18(21)13(2)9-15/h4-10,14,23H,11H2,1-3H3. The summed E-state index contributed by atoms with van der Waals surface area (Å²) in [5.74, 6) is -0.457. The van der Waals surface area contributed by atoms with Crippen molar-refractivity contribution in [3.63, 3.8) is 0 Å². The summed E-state index contributed by atoms with van der Waals surface area (Å²) < 4.78 is 14.5. The second-order valence-corrected chi connectivity index (χ2v) is 6.35. The van der Waals surface area contributed by atoms with Crippen molar-refractivity contribution >= 4 is 10.9 Å². The van der Waals surface area contributed by atoms with Gasteiger partial charge in [-0.25, -0.2) is 4.39 Å². The average Bonchev–Trinajstić information content (AvgIpc) is 2.57. The second kappa shape index (κ2) is 6.21. The van der Waals surface area contributed by atoms with Crippen LogP contribution in [0.4, 0.5) is 4.39 Å². The number of benzene rings is 2. The van der Waals surface area contributed by atoms with Crippen molar-refractivity contribution in [3.05, 3.63) is 70.3 Å². The molecule has 0 aliphatic heterocycles. The largest absolute Gasteiger partial charge is 0.618 e. The molecular formula is C20H20FNO2. The fraction of sp³-hybridized carbons (Fsp3) is 0.250. The number of fused-ring (bicyclic) bond motifs is 1. The molecule has 0 amide bonds. The van der Waals surface area contributed by atoms with Gasteiger partial charge in [-0.15, -0.1) is 0 Å². The highest BCUT2D eigenvalue weighted by molar-refractivity contribution is 5.95. The number of nitrogens with zero attached hydrogens (tertiary/aromatic N) is 1. The van der Waals surface area contributed by atoms with E-state index in [9.17, 15) is 14.7 Å². The first-order valence-electron chi connectivity index (χ1n) is 7.96. The average molecular weight is 325 g/mol. The molecule has 0 saturated carbocycles. The highest BCUT2D eigenvalue weighted by Crippen LogP contribution is 2.35. The molecule has 0 bridgehead atoms. The molecule has 1 N–H and O–H groups in total. The first kappa shape index (κ1) is 16.4. The highest BCUT2D eigenvalue weighted by Gasteiger charge is 2.21. The third-order valence-electron chi connectivity index (χ3n) is 4.46. The van der Waals surface area contributed by atoms with E-state index in [2.05, 4.69) is 0 Å². The maximum absolute atomic E-state index is 13.7. The summed E-state index contributed by atoms with van der Waals surface area (Å²) in [5, 5.41) is 22.9. The van der Waals surface area contributed by atoms with Crippen molar-refractivity contribution in [2.24, 2.45) is 0 Å². The zero-order chi connectivity index (χ0) is 17.4. The molecule has 24 heavy (non-hydrogen) atoms. The molecule has 124 valence electrons. The smallest absolute Gasteiger partial charge is 0.224 e.